The van der Waals surface area contributed by atoms with Crippen molar-refractivity contribution in [3.8, 4) is 0 Å². The summed E-state index contributed by atoms with van der Waals surface area (Å²) in [5.74, 6) is 0. The maximum absolute atomic E-state index is 3.28. The Labute approximate surface area is 88.5 Å². The monoisotopic (exact) mass is 199 g/mol. The Morgan fingerprint density at radius 2 is 2.00 bits per heavy atom. The molecule has 2 atom stereocenters. The van der Waals surface area contributed by atoms with E-state index in [9.17, 15) is 0 Å². The second kappa shape index (κ2) is 5.10. The molecule has 0 saturated carbocycles. The van der Waals surface area contributed by atoms with E-state index in [2.05, 4.69) is 42.9 Å². The van der Waals surface area contributed by atoms with Crippen molar-refractivity contribution >= 4 is 0 Å². The average Bonchev–Trinajstić information content (AvgIpc) is 2.12. The number of piperazine rings is 1. The number of nitrogens with zero attached hydrogens (tertiary/aromatic N) is 2. The summed E-state index contributed by atoms with van der Waals surface area (Å²) in [4.78, 5) is 5.07. The Kier molecular flexibility index (Phi) is 4.35. The van der Waals surface area contributed by atoms with E-state index in [0.29, 0.717) is 18.1 Å². The van der Waals surface area contributed by atoms with Crippen molar-refractivity contribution in [1.29, 1.82) is 0 Å². The number of likely N-dealkylation sites (N-methyl/N-ethyl adjacent to an activating group) is 2. The Morgan fingerprint density at radius 1 is 1.36 bits per heavy atom. The van der Waals surface area contributed by atoms with E-state index in [0.717, 1.165) is 6.54 Å². The third-order valence-electron chi connectivity index (χ3n) is 3.39. The molecule has 1 heterocycles. The van der Waals surface area contributed by atoms with Crippen LogP contribution in [0.2, 0.25) is 0 Å². The molecule has 84 valence electrons. The molecule has 0 radical (unpaired) electrons. The van der Waals surface area contributed by atoms with Crippen molar-refractivity contribution in [3.05, 3.63) is 0 Å². The molecule has 1 aliphatic rings. The topological polar surface area (TPSA) is 18.5 Å². The van der Waals surface area contributed by atoms with Gasteiger partial charge in [0.05, 0.1) is 0 Å². The zero-order valence-corrected chi connectivity index (χ0v) is 10.2. The third-order valence-corrected chi connectivity index (χ3v) is 3.39. The van der Waals surface area contributed by atoms with Crippen LogP contribution < -0.4 is 5.32 Å². The molecule has 1 rings (SSSR count). The lowest BCUT2D eigenvalue weighted by Gasteiger charge is -2.45. The van der Waals surface area contributed by atoms with Crippen LogP contribution in [-0.2, 0) is 0 Å². The van der Waals surface area contributed by atoms with Crippen LogP contribution in [0.3, 0.4) is 0 Å². The zero-order valence-electron chi connectivity index (χ0n) is 10.2. The van der Waals surface area contributed by atoms with Crippen molar-refractivity contribution in [3.63, 3.8) is 0 Å². The Balaban J connectivity index is 2.56. The minimum atomic E-state index is 0.658. The van der Waals surface area contributed by atoms with Crippen LogP contribution in [0, 0.1) is 0 Å². The van der Waals surface area contributed by atoms with Crippen LogP contribution in [-0.4, -0.2) is 61.7 Å². The lowest BCUT2D eigenvalue weighted by Crippen LogP contribution is -2.60. The SMILES string of the molecule is CNCC1CN(C(C)C)CC(C)N1C. The molecule has 0 aliphatic carbocycles. The molecule has 0 amide bonds. The van der Waals surface area contributed by atoms with Gasteiger partial charge in [-0.05, 0) is 34.9 Å². The molecule has 0 aromatic heterocycles. The predicted molar refractivity (Wildman–Crippen MR) is 61.6 cm³/mol. The first kappa shape index (κ1) is 12.0. The van der Waals surface area contributed by atoms with Gasteiger partial charge in [0.15, 0.2) is 0 Å². The van der Waals surface area contributed by atoms with E-state index >= 15 is 0 Å². The van der Waals surface area contributed by atoms with Gasteiger partial charge in [0.25, 0.3) is 0 Å². The van der Waals surface area contributed by atoms with Crippen molar-refractivity contribution in [1.82, 2.24) is 15.1 Å². The van der Waals surface area contributed by atoms with E-state index in [4.69, 9.17) is 0 Å². The van der Waals surface area contributed by atoms with Crippen molar-refractivity contribution < 1.29 is 0 Å². The van der Waals surface area contributed by atoms with Gasteiger partial charge < -0.3 is 5.32 Å². The van der Waals surface area contributed by atoms with E-state index in [-0.39, 0.29) is 0 Å². The summed E-state index contributed by atoms with van der Waals surface area (Å²) in [5.41, 5.74) is 0. The number of hydrogen-bond acceptors (Lipinski definition) is 3. The van der Waals surface area contributed by atoms with Gasteiger partial charge >= 0.3 is 0 Å². The molecule has 1 fully saturated rings. The van der Waals surface area contributed by atoms with Gasteiger partial charge in [-0.1, -0.05) is 0 Å². The number of rotatable bonds is 3. The van der Waals surface area contributed by atoms with Gasteiger partial charge in [-0.2, -0.15) is 0 Å². The molecule has 3 nitrogen and oxygen atoms in total. The largest absolute Gasteiger partial charge is 0.318 e. The first-order chi connectivity index (χ1) is 6.56. The first-order valence-electron chi connectivity index (χ1n) is 5.66. The second-order valence-electron chi connectivity index (χ2n) is 4.77. The molecule has 0 aromatic rings. The molecule has 3 heteroatoms. The highest BCUT2D eigenvalue weighted by atomic mass is 15.3. The molecule has 1 aliphatic heterocycles. The predicted octanol–water partition coefficient (Wildman–Crippen LogP) is 0.619. The smallest absolute Gasteiger partial charge is 0.0348 e. The normalized spacial score (nSPS) is 31.3. The molecule has 0 spiro atoms. The second-order valence-corrected chi connectivity index (χ2v) is 4.77. The summed E-state index contributed by atoms with van der Waals surface area (Å²) < 4.78 is 0. The molecular formula is C11H25N3. The number of nitrogens with one attached hydrogen (secondary N) is 1. The van der Waals surface area contributed by atoms with Crippen LogP contribution in [0.1, 0.15) is 20.8 Å². The Hall–Kier alpha value is -0.120. The highest BCUT2D eigenvalue weighted by molar-refractivity contribution is 4.87. The summed E-state index contributed by atoms with van der Waals surface area (Å²) in [7, 11) is 4.27. The minimum Gasteiger partial charge on any atom is -0.318 e. The molecule has 1 saturated heterocycles. The quantitative estimate of drug-likeness (QED) is 0.719. The molecular weight excluding hydrogens is 174 g/mol. The lowest BCUT2D eigenvalue weighted by atomic mass is 10.1. The maximum Gasteiger partial charge on any atom is 0.0348 e. The van der Waals surface area contributed by atoms with Gasteiger partial charge in [0.2, 0.25) is 0 Å². The molecule has 0 aromatic carbocycles. The van der Waals surface area contributed by atoms with Crippen LogP contribution in [0.15, 0.2) is 0 Å². The van der Waals surface area contributed by atoms with Crippen LogP contribution >= 0.6 is 0 Å². The van der Waals surface area contributed by atoms with Crippen molar-refractivity contribution in [2.75, 3.05) is 33.7 Å². The van der Waals surface area contributed by atoms with Gasteiger partial charge in [-0.3, -0.25) is 9.80 Å². The lowest BCUT2D eigenvalue weighted by molar-refractivity contribution is 0.0356. The minimum absolute atomic E-state index is 0.658. The van der Waals surface area contributed by atoms with Gasteiger partial charge in [-0.15, -0.1) is 0 Å². The Morgan fingerprint density at radius 3 is 2.50 bits per heavy atom. The van der Waals surface area contributed by atoms with Crippen molar-refractivity contribution in [2.24, 2.45) is 0 Å². The molecule has 2 unspecified atom stereocenters. The van der Waals surface area contributed by atoms with Gasteiger partial charge in [0, 0.05) is 37.8 Å². The fraction of sp³-hybridized carbons (Fsp3) is 1.00. The maximum atomic E-state index is 3.28. The van der Waals surface area contributed by atoms with Crippen LogP contribution in [0.5, 0.6) is 0 Å². The summed E-state index contributed by atoms with van der Waals surface area (Å²) in [6, 6.07) is 2.00. The van der Waals surface area contributed by atoms with Crippen LogP contribution in [0.25, 0.3) is 0 Å². The summed E-state index contributed by atoms with van der Waals surface area (Å²) in [6.07, 6.45) is 0. The van der Waals surface area contributed by atoms with E-state index in [1.54, 1.807) is 0 Å². The van der Waals surface area contributed by atoms with E-state index in [1.807, 2.05) is 7.05 Å². The third kappa shape index (κ3) is 2.69. The highest BCUT2D eigenvalue weighted by Gasteiger charge is 2.29. The molecule has 14 heavy (non-hydrogen) atoms. The van der Waals surface area contributed by atoms with E-state index in [1.165, 1.54) is 13.1 Å². The van der Waals surface area contributed by atoms with Gasteiger partial charge in [0.1, 0.15) is 0 Å². The Bertz CT molecular complexity index is 170. The fourth-order valence-corrected chi connectivity index (χ4v) is 2.17. The molecule has 1 N–H and O–H groups in total. The highest BCUT2D eigenvalue weighted by Crippen LogP contribution is 2.15. The first-order valence-corrected chi connectivity index (χ1v) is 5.66. The van der Waals surface area contributed by atoms with Crippen LogP contribution in [0.4, 0.5) is 0 Å². The summed E-state index contributed by atoms with van der Waals surface area (Å²) in [6.45, 7) is 10.4. The molecule has 0 bridgehead atoms. The average molecular weight is 199 g/mol. The van der Waals surface area contributed by atoms with E-state index < -0.39 is 0 Å². The number of hydrogen-bond donors (Lipinski definition) is 1. The fourth-order valence-electron chi connectivity index (χ4n) is 2.17. The zero-order chi connectivity index (χ0) is 10.7. The summed E-state index contributed by atoms with van der Waals surface area (Å²) in [5, 5.41) is 3.28. The van der Waals surface area contributed by atoms with Crippen molar-refractivity contribution in [2.45, 2.75) is 38.9 Å². The summed E-state index contributed by atoms with van der Waals surface area (Å²) >= 11 is 0. The standard InChI is InChI=1S/C11H25N3/c1-9(2)14-7-10(3)13(5)11(8-14)6-12-4/h9-12H,6-8H2,1-5H3. The van der Waals surface area contributed by atoms with Gasteiger partial charge in [-0.25, -0.2) is 0 Å².